The number of nitriles is 2. The van der Waals surface area contributed by atoms with Gasteiger partial charge in [-0.1, -0.05) is 10.4 Å². The lowest BCUT2D eigenvalue weighted by atomic mass is 10.1. The molecule has 0 spiro atoms. The fourth-order valence-corrected chi connectivity index (χ4v) is 5.22. The molecule has 6 rings (SSSR count). The van der Waals surface area contributed by atoms with Crippen molar-refractivity contribution in [2.24, 2.45) is 14.1 Å². The summed E-state index contributed by atoms with van der Waals surface area (Å²) in [6, 6.07) is 19.4. The Labute approximate surface area is 294 Å². The summed E-state index contributed by atoms with van der Waals surface area (Å²) in [5, 5.41) is 46.1. The maximum atomic E-state index is 10.8. The Kier molecular flexibility index (Phi) is 11.5. The maximum absolute atomic E-state index is 10.8. The van der Waals surface area contributed by atoms with Gasteiger partial charge in [-0.2, -0.15) is 10.5 Å². The number of carbonyl (C=O) groups excluding carboxylic acids is 1. The van der Waals surface area contributed by atoms with E-state index in [-0.39, 0.29) is 23.9 Å². The number of ether oxygens (including phenoxy) is 2. The van der Waals surface area contributed by atoms with E-state index in [1.54, 1.807) is 23.5 Å². The second kappa shape index (κ2) is 16.3. The molecule has 0 radical (unpaired) electrons. The SMILES string of the molecule is CC(=O)NCCCOc1ccc(-c2cc3c(nnn3C)c(C#N)n2)cc1C.Cc1cc(-c2cc3c(nnn3C)c(C#N)n2)ccc1OCCCO. The highest BCUT2D eigenvalue weighted by atomic mass is 16.5. The minimum atomic E-state index is -0.0413. The lowest BCUT2D eigenvalue weighted by Crippen LogP contribution is -2.22. The Hall–Kier alpha value is -6.45. The van der Waals surface area contributed by atoms with E-state index in [2.05, 4.69) is 48.0 Å². The number of aliphatic hydroxyl groups excluding tert-OH is 1. The third-order valence-corrected chi connectivity index (χ3v) is 7.87. The number of carbonyl (C=O) groups is 1. The van der Waals surface area contributed by atoms with Crippen molar-refractivity contribution in [2.75, 3.05) is 26.4 Å². The molecule has 4 aromatic heterocycles. The number of benzene rings is 2. The highest BCUT2D eigenvalue weighted by molar-refractivity contribution is 5.84. The monoisotopic (exact) mass is 687 g/mol. The predicted molar refractivity (Wildman–Crippen MR) is 188 cm³/mol. The summed E-state index contributed by atoms with van der Waals surface area (Å²) in [5.74, 6) is 1.52. The van der Waals surface area contributed by atoms with Crippen LogP contribution >= 0.6 is 0 Å². The molecule has 1 amide bonds. The van der Waals surface area contributed by atoms with Crippen molar-refractivity contribution in [1.29, 1.82) is 10.5 Å². The van der Waals surface area contributed by atoms with Gasteiger partial charge in [-0.15, -0.1) is 10.2 Å². The number of pyridine rings is 2. The van der Waals surface area contributed by atoms with Crippen LogP contribution in [0.25, 0.3) is 44.6 Å². The van der Waals surface area contributed by atoms with Gasteiger partial charge in [0.25, 0.3) is 0 Å². The van der Waals surface area contributed by atoms with E-state index in [1.807, 2.05) is 62.4 Å². The first-order valence-corrected chi connectivity index (χ1v) is 16.2. The number of nitrogens with zero attached hydrogens (tertiary/aromatic N) is 10. The number of fused-ring (bicyclic) bond motifs is 2. The van der Waals surface area contributed by atoms with Gasteiger partial charge >= 0.3 is 0 Å². The lowest BCUT2D eigenvalue weighted by Gasteiger charge is -2.11. The molecule has 0 fully saturated rings. The second-order valence-electron chi connectivity index (χ2n) is 11.7. The molecule has 15 nitrogen and oxygen atoms in total. The Balaban J connectivity index is 0.000000199. The quantitative estimate of drug-likeness (QED) is 0.185. The average molecular weight is 688 g/mol. The van der Waals surface area contributed by atoms with E-state index < -0.39 is 0 Å². The Morgan fingerprint density at radius 2 is 1.25 bits per heavy atom. The van der Waals surface area contributed by atoms with Gasteiger partial charge in [0.2, 0.25) is 5.91 Å². The van der Waals surface area contributed by atoms with E-state index >= 15 is 0 Å². The molecule has 0 aliphatic carbocycles. The zero-order valence-electron chi connectivity index (χ0n) is 29.0. The smallest absolute Gasteiger partial charge is 0.216 e. The van der Waals surface area contributed by atoms with Crippen molar-refractivity contribution in [1.82, 2.24) is 45.3 Å². The standard InChI is InChI=1S/C19H20N6O2.C17H17N5O2/c1-12-9-14(5-6-18(12)27-8-4-7-21-13(2)26)15-10-17-19(16(11-20)22-15)23-24-25(17)3;1-11-8-12(4-5-16(11)24-7-3-6-23)13-9-15-17(14(10-18)19-13)20-21-22(15)2/h5-6,9-10H,4,7-8H2,1-3H3,(H,21,26);4-5,8-9,23H,3,6-7H2,1-2H3. The Morgan fingerprint density at radius 3 is 1.67 bits per heavy atom. The summed E-state index contributed by atoms with van der Waals surface area (Å²) in [5.41, 5.74) is 8.13. The molecule has 0 aliphatic rings. The van der Waals surface area contributed by atoms with Gasteiger partial charge < -0.3 is 19.9 Å². The van der Waals surface area contributed by atoms with Gasteiger partial charge in [0, 0.05) is 51.7 Å². The van der Waals surface area contributed by atoms with E-state index in [9.17, 15) is 15.3 Å². The number of aromatic nitrogens is 8. The summed E-state index contributed by atoms with van der Waals surface area (Å²) in [6.07, 6.45) is 1.33. The number of hydrogen-bond donors (Lipinski definition) is 2. The molecular weight excluding hydrogens is 650 g/mol. The number of hydrogen-bond acceptors (Lipinski definition) is 12. The molecule has 6 aromatic rings. The lowest BCUT2D eigenvalue weighted by molar-refractivity contribution is -0.118. The normalized spacial score (nSPS) is 10.7. The molecule has 4 heterocycles. The molecule has 2 aromatic carbocycles. The van der Waals surface area contributed by atoms with Crippen LogP contribution in [-0.4, -0.2) is 77.3 Å². The molecule has 0 atom stereocenters. The van der Waals surface area contributed by atoms with Crippen LogP contribution < -0.4 is 14.8 Å². The van der Waals surface area contributed by atoms with Crippen LogP contribution in [0.1, 0.15) is 42.3 Å². The van der Waals surface area contributed by atoms with Gasteiger partial charge in [0.1, 0.15) is 34.7 Å². The van der Waals surface area contributed by atoms with E-state index in [1.165, 1.54) is 6.92 Å². The van der Waals surface area contributed by atoms with Crippen molar-refractivity contribution < 1.29 is 19.4 Å². The topological polar surface area (TPSA) is 203 Å². The Morgan fingerprint density at radius 1 is 0.784 bits per heavy atom. The van der Waals surface area contributed by atoms with E-state index in [0.29, 0.717) is 48.6 Å². The summed E-state index contributed by atoms with van der Waals surface area (Å²) in [4.78, 5) is 19.7. The van der Waals surface area contributed by atoms with Crippen molar-refractivity contribution in [2.45, 2.75) is 33.6 Å². The molecule has 260 valence electrons. The summed E-state index contributed by atoms with van der Waals surface area (Å²) in [7, 11) is 3.56. The predicted octanol–water partition coefficient (Wildman–Crippen LogP) is 4.09. The molecule has 15 heteroatoms. The number of rotatable bonds is 11. The number of aryl methyl sites for hydroxylation is 4. The van der Waals surface area contributed by atoms with Gasteiger partial charge in [-0.3, -0.25) is 4.79 Å². The minimum absolute atomic E-state index is 0.0413. The first-order chi connectivity index (χ1) is 24.6. The third-order valence-electron chi connectivity index (χ3n) is 7.87. The van der Waals surface area contributed by atoms with Crippen LogP contribution in [0.15, 0.2) is 48.5 Å². The van der Waals surface area contributed by atoms with Gasteiger partial charge in [0.15, 0.2) is 11.4 Å². The molecular formula is C36H37N11O4. The van der Waals surface area contributed by atoms with Crippen LogP contribution in [-0.2, 0) is 18.9 Å². The maximum Gasteiger partial charge on any atom is 0.216 e. The van der Waals surface area contributed by atoms with Crippen molar-refractivity contribution in [3.8, 4) is 46.2 Å². The van der Waals surface area contributed by atoms with Crippen LogP contribution in [0.4, 0.5) is 0 Å². The third kappa shape index (κ3) is 8.41. The first-order valence-electron chi connectivity index (χ1n) is 16.2. The molecule has 0 aliphatic heterocycles. The summed E-state index contributed by atoms with van der Waals surface area (Å²) < 4.78 is 14.7. The van der Waals surface area contributed by atoms with Crippen LogP contribution in [0.3, 0.4) is 0 Å². The molecule has 0 unspecified atom stereocenters. The second-order valence-corrected chi connectivity index (χ2v) is 11.7. The van der Waals surface area contributed by atoms with Crippen LogP contribution in [0, 0.1) is 36.5 Å². The fourth-order valence-electron chi connectivity index (χ4n) is 5.22. The van der Waals surface area contributed by atoms with Gasteiger partial charge in [-0.05, 0) is 79.9 Å². The number of amides is 1. The summed E-state index contributed by atoms with van der Waals surface area (Å²) >= 11 is 0. The number of aliphatic hydroxyl groups is 1. The van der Waals surface area contributed by atoms with Crippen LogP contribution in [0.2, 0.25) is 0 Å². The summed E-state index contributed by atoms with van der Waals surface area (Å²) in [6.45, 7) is 7.09. The van der Waals surface area contributed by atoms with Crippen molar-refractivity contribution in [3.05, 3.63) is 71.0 Å². The van der Waals surface area contributed by atoms with E-state index in [0.717, 1.165) is 51.2 Å². The van der Waals surface area contributed by atoms with Crippen molar-refractivity contribution >= 4 is 28.0 Å². The molecule has 51 heavy (non-hydrogen) atoms. The largest absolute Gasteiger partial charge is 0.493 e. The number of nitrogens with one attached hydrogen (secondary N) is 1. The highest BCUT2D eigenvalue weighted by Crippen LogP contribution is 2.29. The first kappa shape index (κ1) is 35.8. The molecule has 2 N–H and O–H groups in total. The molecule has 0 bridgehead atoms. The van der Waals surface area contributed by atoms with E-state index in [4.69, 9.17) is 14.6 Å². The fraction of sp³-hybridized carbons (Fsp3) is 0.306. The molecule has 0 saturated carbocycles. The minimum Gasteiger partial charge on any atom is -0.493 e. The van der Waals surface area contributed by atoms with Gasteiger partial charge in [-0.25, -0.2) is 19.3 Å². The Bertz CT molecular complexity index is 2280. The average Bonchev–Trinajstić information content (AvgIpc) is 3.70. The van der Waals surface area contributed by atoms with Crippen molar-refractivity contribution in [3.63, 3.8) is 0 Å². The molecule has 0 saturated heterocycles. The zero-order valence-corrected chi connectivity index (χ0v) is 29.0. The zero-order chi connectivity index (χ0) is 36.5. The van der Waals surface area contributed by atoms with Crippen LogP contribution in [0.5, 0.6) is 11.5 Å². The van der Waals surface area contributed by atoms with Gasteiger partial charge in [0.05, 0.1) is 35.6 Å². The highest BCUT2D eigenvalue weighted by Gasteiger charge is 2.15.